The van der Waals surface area contributed by atoms with Crippen LogP contribution in [0.2, 0.25) is 0 Å². The molecule has 0 aromatic rings. The third-order valence-corrected chi connectivity index (χ3v) is 3.81. The van der Waals surface area contributed by atoms with Crippen LogP contribution in [-0.4, -0.2) is 11.9 Å². The van der Waals surface area contributed by atoms with Gasteiger partial charge in [0.2, 0.25) is 0 Å². The summed E-state index contributed by atoms with van der Waals surface area (Å²) < 4.78 is 4.77. The Kier molecular flexibility index (Phi) is 8.19. The Bertz CT molecular complexity index is 284. The fourth-order valence-corrected chi connectivity index (χ4v) is 2.62. The fraction of sp³-hybridized carbons (Fsp3) is 0.750. The largest absolute Gasteiger partial charge is 0.390 e. The molecule has 0 amide bonds. The molecule has 0 spiro atoms. The van der Waals surface area contributed by atoms with Crippen LogP contribution in [0.5, 0.6) is 0 Å². The minimum absolute atomic E-state index is 0.108. The van der Waals surface area contributed by atoms with E-state index in [1.807, 2.05) is 0 Å². The van der Waals surface area contributed by atoms with Crippen molar-refractivity contribution < 1.29 is 14.3 Å². The molecule has 0 bridgehead atoms. The first kappa shape index (κ1) is 15.9. The monoisotopic (exact) mass is 266 g/mol. The van der Waals surface area contributed by atoms with E-state index in [-0.39, 0.29) is 11.9 Å². The molecule has 3 nitrogen and oxygen atoms in total. The summed E-state index contributed by atoms with van der Waals surface area (Å²) in [5.41, 5.74) is 0. The second kappa shape index (κ2) is 9.76. The average molecular weight is 266 g/mol. The van der Waals surface area contributed by atoms with Crippen molar-refractivity contribution in [3.8, 4) is 0 Å². The number of carbonyl (C=O) groups excluding carboxylic acids is 2. The number of ether oxygens (including phenoxy) is 1. The maximum absolute atomic E-state index is 11.9. The number of hydrogen-bond donors (Lipinski definition) is 0. The molecule has 0 atom stereocenters. The van der Waals surface area contributed by atoms with E-state index in [1.54, 1.807) is 0 Å². The lowest BCUT2D eigenvalue weighted by molar-refractivity contribution is -0.159. The standard InChI is InChI=1S/C16H26O3/c1-2-15(17)19-16(18)14-12-10-8-6-4-3-5-7-9-11-13-14/h2,14H,1,3-13H2. The van der Waals surface area contributed by atoms with Crippen LogP contribution in [-0.2, 0) is 14.3 Å². The number of rotatable bonds is 2. The molecule has 108 valence electrons. The van der Waals surface area contributed by atoms with Gasteiger partial charge in [0.25, 0.3) is 0 Å². The van der Waals surface area contributed by atoms with Crippen LogP contribution >= 0.6 is 0 Å². The minimum Gasteiger partial charge on any atom is -0.390 e. The van der Waals surface area contributed by atoms with E-state index in [4.69, 9.17) is 4.74 Å². The highest BCUT2D eigenvalue weighted by Gasteiger charge is 2.21. The van der Waals surface area contributed by atoms with E-state index in [1.165, 1.54) is 44.9 Å². The molecule has 0 aromatic carbocycles. The molecule has 1 rings (SSSR count). The summed E-state index contributed by atoms with van der Waals surface area (Å²) in [6.45, 7) is 3.32. The van der Waals surface area contributed by atoms with E-state index < -0.39 is 5.97 Å². The van der Waals surface area contributed by atoms with E-state index in [0.29, 0.717) is 0 Å². The first-order valence-corrected chi connectivity index (χ1v) is 7.62. The van der Waals surface area contributed by atoms with Gasteiger partial charge in [-0.05, 0) is 12.8 Å². The van der Waals surface area contributed by atoms with Crippen LogP contribution in [0.4, 0.5) is 0 Å². The van der Waals surface area contributed by atoms with Crippen LogP contribution in [0, 0.1) is 5.92 Å². The van der Waals surface area contributed by atoms with Gasteiger partial charge >= 0.3 is 11.9 Å². The Morgan fingerprint density at radius 2 is 1.26 bits per heavy atom. The second-order valence-corrected chi connectivity index (χ2v) is 5.40. The van der Waals surface area contributed by atoms with E-state index in [2.05, 4.69) is 6.58 Å². The highest BCUT2D eigenvalue weighted by Crippen LogP contribution is 2.22. The third kappa shape index (κ3) is 7.14. The van der Waals surface area contributed by atoms with Gasteiger partial charge in [0, 0.05) is 6.08 Å². The van der Waals surface area contributed by atoms with Gasteiger partial charge in [-0.25, -0.2) is 4.79 Å². The molecule has 0 saturated heterocycles. The smallest absolute Gasteiger partial charge is 0.337 e. The van der Waals surface area contributed by atoms with Gasteiger partial charge in [0.05, 0.1) is 5.92 Å². The summed E-state index contributed by atoms with van der Waals surface area (Å²) in [5.74, 6) is -1.10. The van der Waals surface area contributed by atoms with Gasteiger partial charge in [-0.2, -0.15) is 0 Å². The van der Waals surface area contributed by atoms with Crippen molar-refractivity contribution in [1.82, 2.24) is 0 Å². The molecule has 1 fully saturated rings. The minimum atomic E-state index is -0.629. The number of hydrogen-bond acceptors (Lipinski definition) is 3. The normalized spacial score (nSPS) is 19.8. The van der Waals surface area contributed by atoms with E-state index >= 15 is 0 Å². The lowest BCUT2D eigenvalue weighted by Crippen LogP contribution is -2.20. The molecule has 0 N–H and O–H groups in total. The van der Waals surface area contributed by atoms with Crippen molar-refractivity contribution in [2.45, 2.75) is 70.6 Å². The maximum Gasteiger partial charge on any atom is 0.337 e. The molecular weight excluding hydrogens is 240 g/mol. The van der Waals surface area contributed by atoms with Crippen molar-refractivity contribution in [1.29, 1.82) is 0 Å². The zero-order valence-corrected chi connectivity index (χ0v) is 11.9. The van der Waals surface area contributed by atoms with Crippen molar-refractivity contribution >= 4 is 11.9 Å². The molecule has 0 radical (unpaired) electrons. The molecule has 1 aliphatic carbocycles. The molecule has 0 aliphatic heterocycles. The Hall–Kier alpha value is -1.12. The first-order valence-electron chi connectivity index (χ1n) is 7.62. The molecule has 1 aliphatic rings. The Balaban J connectivity index is 2.43. The molecule has 3 heteroatoms. The first-order chi connectivity index (χ1) is 9.24. The Morgan fingerprint density at radius 3 is 1.68 bits per heavy atom. The fourth-order valence-electron chi connectivity index (χ4n) is 2.62. The quantitative estimate of drug-likeness (QED) is 0.428. The summed E-state index contributed by atoms with van der Waals surface area (Å²) in [6.07, 6.45) is 13.7. The average Bonchev–Trinajstić information content (AvgIpc) is 2.39. The van der Waals surface area contributed by atoms with Crippen LogP contribution in [0.15, 0.2) is 12.7 Å². The zero-order chi connectivity index (χ0) is 13.9. The van der Waals surface area contributed by atoms with Crippen LogP contribution in [0.1, 0.15) is 70.6 Å². The summed E-state index contributed by atoms with van der Waals surface area (Å²) in [7, 11) is 0. The van der Waals surface area contributed by atoms with Gasteiger partial charge in [0.1, 0.15) is 0 Å². The van der Waals surface area contributed by atoms with Gasteiger partial charge in [0.15, 0.2) is 0 Å². The highest BCUT2D eigenvalue weighted by molar-refractivity contribution is 5.92. The van der Waals surface area contributed by atoms with Crippen molar-refractivity contribution in [3.63, 3.8) is 0 Å². The molecule has 0 aromatic heterocycles. The van der Waals surface area contributed by atoms with E-state index in [0.717, 1.165) is 31.8 Å². The summed E-state index contributed by atoms with van der Waals surface area (Å²) in [6, 6.07) is 0. The van der Waals surface area contributed by atoms with Gasteiger partial charge in [-0.1, -0.05) is 64.4 Å². The Morgan fingerprint density at radius 1 is 0.842 bits per heavy atom. The second-order valence-electron chi connectivity index (χ2n) is 5.40. The third-order valence-electron chi connectivity index (χ3n) is 3.81. The van der Waals surface area contributed by atoms with Crippen molar-refractivity contribution in [2.75, 3.05) is 0 Å². The maximum atomic E-state index is 11.9. The van der Waals surface area contributed by atoms with Crippen molar-refractivity contribution in [3.05, 3.63) is 12.7 Å². The molecule has 0 unspecified atom stereocenters. The lowest BCUT2D eigenvalue weighted by atomic mass is 9.93. The SMILES string of the molecule is C=CC(=O)OC(=O)C1CCCCCCCCCCC1. The number of carbonyl (C=O) groups is 2. The molecular formula is C16H26O3. The topological polar surface area (TPSA) is 43.4 Å². The Labute approximate surface area is 116 Å². The highest BCUT2D eigenvalue weighted by atomic mass is 16.6. The zero-order valence-electron chi connectivity index (χ0n) is 11.9. The van der Waals surface area contributed by atoms with Crippen LogP contribution in [0.3, 0.4) is 0 Å². The van der Waals surface area contributed by atoms with Crippen LogP contribution in [0.25, 0.3) is 0 Å². The van der Waals surface area contributed by atoms with Crippen molar-refractivity contribution in [2.24, 2.45) is 5.92 Å². The van der Waals surface area contributed by atoms with Gasteiger partial charge < -0.3 is 4.74 Å². The van der Waals surface area contributed by atoms with Gasteiger partial charge in [-0.15, -0.1) is 0 Å². The summed E-state index contributed by atoms with van der Waals surface area (Å²) >= 11 is 0. The summed E-state index contributed by atoms with van der Waals surface area (Å²) in [4.78, 5) is 23.0. The van der Waals surface area contributed by atoms with Gasteiger partial charge in [-0.3, -0.25) is 4.79 Å². The lowest BCUT2D eigenvalue weighted by Gasteiger charge is -2.15. The number of esters is 2. The van der Waals surface area contributed by atoms with E-state index in [9.17, 15) is 9.59 Å². The summed E-state index contributed by atoms with van der Waals surface area (Å²) in [5, 5.41) is 0. The predicted octanol–water partition coefficient (Wildman–Crippen LogP) is 4.16. The molecule has 19 heavy (non-hydrogen) atoms. The predicted molar refractivity (Wildman–Crippen MR) is 75.6 cm³/mol. The molecule has 1 saturated carbocycles. The van der Waals surface area contributed by atoms with Crippen LogP contribution < -0.4 is 0 Å². The molecule has 0 heterocycles.